The summed E-state index contributed by atoms with van der Waals surface area (Å²) in [6.45, 7) is 0. The fourth-order valence-corrected chi connectivity index (χ4v) is 0.575. The molecule has 1 aromatic rings. The van der Waals surface area contributed by atoms with Crippen molar-refractivity contribution < 1.29 is 14.5 Å². The number of halogens is 4. The first-order valence-corrected chi connectivity index (χ1v) is 21.2. The summed E-state index contributed by atoms with van der Waals surface area (Å²) in [5.74, 6) is -0.367. The van der Waals surface area contributed by atoms with Gasteiger partial charge in [-0.05, 0) is 12.1 Å². The van der Waals surface area contributed by atoms with Gasteiger partial charge < -0.3 is 0 Å². The van der Waals surface area contributed by atoms with Crippen molar-refractivity contribution in [2.75, 3.05) is 0 Å². The summed E-state index contributed by atoms with van der Waals surface area (Å²) >= 11 is 10.3. The summed E-state index contributed by atoms with van der Waals surface area (Å²) in [5.41, 5.74) is 0. The Labute approximate surface area is 99.2 Å². The third kappa shape index (κ3) is 6.66. The quantitative estimate of drug-likeness (QED) is 0.410. The third-order valence-corrected chi connectivity index (χ3v) is 1.13. The van der Waals surface area contributed by atoms with Crippen LogP contribution in [0.25, 0.3) is 0 Å². The van der Waals surface area contributed by atoms with Gasteiger partial charge in [-0.25, -0.2) is 4.39 Å². The summed E-state index contributed by atoms with van der Waals surface area (Å²) < 4.78 is 12.2. The molecule has 0 bridgehead atoms. The number of benzene rings is 1. The van der Waals surface area contributed by atoms with Crippen LogP contribution < -0.4 is 0 Å². The van der Waals surface area contributed by atoms with Gasteiger partial charge in [0.25, 0.3) is 0 Å². The summed E-state index contributed by atoms with van der Waals surface area (Å²) in [4.78, 5) is 0. The molecule has 0 unspecified atom stereocenters. The molecule has 0 amide bonds. The molecule has 58 valence electrons. The summed E-state index contributed by atoms with van der Waals surface area (Å²) in [6.07, 6.45) is 0. The minimum atomic E-state index is -0.367. The molecular formula is C6H4ClFI2Zn. The molecule has 0 nitrogen and oxygen atoms in total. The third-order valence-electron chi connectivity index (χ3n) is 0.824. The molecule has 0 aliphatic carbocycles. The van der Waals surface area contributed by atoms with Gasteiger partial charge in [0.05, 0.1) is 5.02 Å². The van der Waals surface area contributed by atoms with E-state index in [1.165, 1.54) is 12.1 Å². The number of rotatable bonds is 0. The Morgan fingerprint density at radius 2 is 1.73 bits per heavy atom. The predicted octanol–water partition coefficient (Wildman–Crippen LogP) is 4.25. The van der Waals surface area contributed by atoms with Crippen molar-refractivity contribution >= 4 is 51.1 Å². The van der Waals surface area contributed by atoms with Gasteiger partial charge in [-0.2, -0.15) is 0 Å². The van der Waals surface area contributed by atoms with E-state index >= 15 is 0 Å². The molecule has 0 saturated heterocycles. The van der Waals surface area contributed by atoms with Crippen molar-refractivity contribution in [1.82, 2.24) is 0 Å². The van der Waals surface area contributed by atoms with Gasteiger partial charge in [-0.15, -0.1) is 0 Å². The Morgan fingerprint density at radius 3 is 2.00 bits per heavy atom. The van der Waals surface area contributed by atoms with Crippen LogP contribution in [-0.4, -0.2) is 0 Å². The number of hydrogen-bond donors (Lipinski definition) is 0. The molecule has 0 spiro atoms. The van der Waals surface area contributed by atoms with Crippen molar-refractivity contribution in [2.24, 2.45) is 0 Å². The molecular weight excluding hydrogens is 446 g/mol. The molecule has 0 fully saturated rings. The Bertz CT molecular complexity index is 189. The Balaban J connectivity index is 0.000000292. The van der Waals surface area contributed by atoms with Crippen LogP contribution in [0.15, 0.2) is 24.3 Å². The van der Waals surface area contributed by atoms with Gasteiger partial charge in [0.1, 0.15) is 5.82 Å². The second-order valence-electron chi connectivity index (χ2n) is 1.52. The standard InChI is InChI=1S/C6H4ClF.2HI.Zn/c7-5-3-1-2-4-6(5)8;;;/h1-4H;2*1H;/q;;;+2/p-2. The summed E-state index contributed by atoms with van der Waals surface area (Å²) in [7, 11) is 0.0650. The van der Waals surface area contributed by atoms with E-state index < -0.39 is 0 Å². The maximum atomic E-state index is 12.2. The molecule has 0 radical (unpaired) electrons. The molecule has 0 heterocycles. The van der Waals surface area contributed by atoms with Crippen molar-refractivity contribution in [3.8, 4) is 0 Å². The molecule has 0 saturated carbocycles. The van der Waals surface area contributed by atoms with E-state index in [2.05, 4.69) is 39.5 Å². The zero-order valence-electron chi connectivity index (χ0n) is 5.53. The average Bonchev–Trinajstić information content (AvgIpc) is 1.97. The van der Waals surface area contributed by atoms with Crippen molar-refractivity contribution in [3.63, 3.8) is 0 Å². The summed E-state index contributed by atoms with van der Waals surface area (Å²) in [5, 5.41) is 0.174. The van der Waals surface area contributed by atoms with Crippen LogP contribution in [0.1, 0.15) is 0 Å². The van der Waals surface area contributed by atoms with E-state index in [9.17, 15) is 4.39 Å². The van der Waals surface area contributed by atoms with Crippen LogP contribution >= 0.6 is 51.1 Å². The van der Waals surface area contributed by atoms with E-state index in [0.29, 0.717) is 0 Å². The van der Waals surface area contributed by atoms with Gasteiger partial charge in [0, 0.05) is 0 Å². The topological polar surface area (TPSA) is 0 Å². The van der Waals surface area contributed by atoms with E-state index in [-0.39, 0.29) is 20.9 Å². The van der Waals surface area contributed by atoms with Crippen LogP contribution in [0, 0.1) is 5.82 Å². The zero-order valence-corrected chi connectivity index (χ0v) is 13.6. The molecule has 0 aromatic heterocycles. The second kappa shape index (κ2) is 8.14. The predicted molar refractivity (Wildman–Crippen MR) is 59.5 cm³/mol. The van der Waals surface area contributed by atoms with E-state index in [4.69, 9.17) is 11.6 Å². The van der Waals surface area contributed by atoms with Crippen LogP contribution in [0.3, 0.4) is 0 Å². The molecule has 0 N–H and O–H groups in total. The molecule has 0 aliphatic rings. The first-order valence-electron chi connectivity index (χ1n) is 2.74. The zero-order chi connectivity index (χ0) is 8.69. The second-order valence-corrected chi connectivity index (χ2v) is 25.4. The van der Waals surface area contributed by atoms with Gasteiger partial charge in [-0.1, -0.05) is 23.7 Å². The van der Waals surface area contributed by atoms with Gasteiger partial charge >= 0.3 is 49.6 Å². The van der Waals surface area contributed by atoms with Crippen LogP contribution in [0.4, 0.5) is 4.39 Å². The molecule has 1 rings (SSSR count). The number of hydrogen-bond acceptors (Lipinski definition) is 0. The molecule has 5 heteroatoms. The summed E-state index contributed by atoms with van der Waals surface area (Å²) in [6, 6.07) is 6.12. The van der Waals surface area contributed by atoms with E-state index in [1.54, 1.807) is 12.1 Å². The SMILES string of the molecule is Fc1ccccc1Cl.[I][Zn][I]. The van der Waals surface area contributed by atoms with Gasteiger partial charge in [0.2, 0.25) is 0 Å². The molecule has 0 aliphatic heterocycles. The van der Waals surface area contributed by atoms with Gasteiger partial charge in [0.15, 0.2) is 0 Å². The van der Waals surface area contributed by atoms with Crippen LogP contribution in [0.2, 0.25) is 5.02 Å². The van der Waals surface area contributed by atoms with Crippen molar-refractivity contribution in [2.45, 2.75) is 0 Å². The minimum absolute atomic E-state index is 0.0650. The fourth-order valence-electron chi connectivity index (χ4n) is 0.439. The van der Waals surface area contributed by atoms with Crippen molar-refractivity contribution in [3.05, 3.63) is 35.1 Å². The van der Waals surface area contributed by atoms with Crippen molar-refractivity contribution in [1.29, 1.82) is 0 Å². The molecule has 11 heavy (non-hydrogen) atoms. The van der Waals surface area contributed by atoms with Gasteiger partial charge in [-0.3, -0.25) is 0 Å². The first kappa shape index (κ1) is 12.5. The fraction of sp³-hybridized carbons (Fsp3) is 0. The average molecular weight is 450 g/mol. The Morgan fingerprint density at radius 1 is 1.27 bits per heavy atom. The Hall–Kier alpha value is 1.52. The Kier molecular flexibility index (Phi) is 9.26. The molecule has 1 aromatic carbocycles. The van der Waals surface area contributed by atoms with Crippen LogP contribution in [-0.2, 0) is 10.1 Å². The van der Waals surface area contributed by atoms with Crippen LogP contribution in [0.5, 0.6) is 0 Å². The first-order chi connectivity index (χ1) is 5.22. The normalized spacial score (nSPS) is 7.64. The van der Waals surface area contributed by atoms with E-state index in [1.807, 2.05) is 0 Å². The van der Waals surface area contributed by atoms with E-state index in [0.717, 1.165) is 0 Å². The molecule has 0 atom stereocenters. The monoisotopic (exact) mass is 448 g/mol. The maximum absolute atomic E-state index is 12.2.